The molecule has 0 aliphatic heterocycles. The van der Waals surface area contributed by atoms with Crippen LogP contribution in [0.3, 0.4) is 0 Å². The molecule has 17 heavy (non-hydrogen) atoms. The fraction of sp³-hybridized carbons (Fsp3) is 0. The van der Waals surface area contributed by atoms with Crippen LogP contribution in [0.25, 0.3) is 0 Å². The Morgan fingerprint density at radius 2 is 2.00 bits per heavy atom. The highest BCUT2D eigenvalue weighted by Gasteiger charge is 2.14. The number of benzene rings is 1. The number of aromatic nitrogens is 2. The lowest BCUT2D eigenvalue weighted by atomic mass is 10.2. The highest BCUT2D eigenvalue weighted by Crippen LogP contribution is 2.13. The summed E-state index contributed by atoms with van der Waals surface area (Å²) < 4.78 is 26.0. The van der Waals surface area contributed by atoms with Crippen LogP contribution in [0.15, 0.2) is 41.6 Å². The second-order valence-corrected chi connectivity index (χ2v) is 4.86. The third-order valence-corrected chi connectivity index (χ3v) is 3.38. The van der Waals surface area contributed by atoms with Crippen molar-refractivity contribution in [1.82, 2.24) is 9.97 Å². The van der Waals surface area contributed by atoms with E-state index in [-0.39, 0.29) is 10.8 Å². The van der Waals surface area contributed by atoms with Crippen LogP contribution in [-0.4, -0.2) is 18.4 Å². The number of hydrogen-bond acceptors (Lipinski definition) is 4. The average Bonchev–Trinajstić information content (AvgIpc) is 2.81. The lowest BCUT2D eigenvalue weighted by Gasteiger charge is -2.04. The quantitative estimate of drug-likeness (QED) is 0.849. The molecule has 6 nitrogen and oxygen atoms in total. The van der Waals surface area contributed by atoms with Gasteiger partial charge in [0, 0.05) is 12.4 Å². The fourth-order valence-electron chi connectivity index (χ4n) is 1.22. The maximum Gasteiger partial charge on any atom is 0.264 e. The van der Waals surface area contributed by atoms with E-state index in [0.29, 0.717) is 5.56 Å². The first-order valence-corrected chi connectivity index (χ1v) is 6.12. The Bertz CT molecular complexity index is 639. The van der Waals surface area contributed by atoms with Gasteiger partial charge in [0.1, 0.15) is 0 Å². The predicted octanol–water partition coefficient (Wildman–Crippen LogP) is 1.08. The largest absolute Gasteiger partial charge is 0.330 e. The lowest BCUT2D eigenvalue weighted by Crippen LogP contribution is -2.13. The number of H-pyrrole nitrogens is 1. The summed E-state index contributed by atoms with van der Waals surface area (Å²) in [4.78, 5) is 6.47. The summed E-state index contributed by atoms with van der Waals surface area (Å²) in [5.41, 5.74) is 0.405. The molecule has 0 atom stereocenters. The highest BCUT2D eigenvalue weighted by molar-refractivity contribution is 7.92. The van der Waals surface area contributed by atoms with E-state index in [1.807, 2.05) is 6.07 Å². The van der Waals surface area contributed by atoms with Gasteiger partial charge in [0.25, 0.3) is 10.0 Å². The van der Waals surface area contributed by atoms with Gasteiger partial charge in [-0.1, -0.05) is 0 Å². The molecule has 0 saturated heterocycles. The molecule has 1 aromatic heterocycles. The zero-order valence-corrected chi connectivity index (χ0v) is 9.40. The number of nitrogens with one attached hydrogen (secondary N) is 2. The number of hydrogen-bond donors (Lipinski definition) is 2. The molecule has 0 aliphatic carbocycles. The van der Waals surface area contributed by atoms with E-state index in [1.54, 1.807) is 0 Å². The molecule has 2 rings (SSSR count). The van der Waals surface area contributed by atoms with Gasteiger partial charge in [0.15, 0.2) is 0 Å². The molecule has 0 amide bonds. The summed E-state index contributed by atoms with van der Waals surface area (Å²) in [7, 11) is -3.66. The molecule has 86 valence electrons. The predicted molar refractivity (Wildman–Crippen MR) is 60.6 cm³/mol. The minimum absolute atomic E-state index is 0.0768. The van der Waals surface area contributed by atoms with E-state index in [2.05, 4.69) is 14.7 Å². The molecule has 0 saturated carbocycles. The molecule has 2 aromatic rings. The third kappa shape index (κ3) is 2.43. The molecular weight excluding hydrogens is 240 g/mol. The molecule has 0 spiro atoms. The van der Waals surface area contributed by atoms with Crippen LogP contribution in [0.2, 0.25) is 0 Å². The molecule has 0 aliphatic rings. The lowest BCUT2D eigenvalue weighted by molar-refractivity contribution is 0.601. The van der Waals surface area contributed by atoms with Gasteiger partial charge >= 0.3 is 0 Å². The zero-order valence-electron chi connectivity index (χ0n) is 8.58. The fourth-order valence-corrected chi connectivity index (χ4v) is 2.19. The average molecular weight is 248 g/mol. The SMILES string of the molecule is N#Cc1ccc(S(=O)(=O)Nc2ncc[nH]2)cc1. The smallest absolute Gasteiger partial charge is 0.264 e. The summed E-state index contributed by atoms with van der Waals surface area (Å²) in [5.74, 6) is 0.148. The number of nitriles is 1. The van der Waals surface area contributed by atoms with Crippen LogP contribution in [-0.2, 0) is 10.0 Å². The van der Waals surface area contributed by atoms with Crippen molar-refractivity contribution in [3.05, 3.63) is 42.2 Å². The van der Waals surface area contributed by atoms with E-state index >= 15 is 0 Å². The van der Waals surface area contributed by atoms with Crippen molar-refractivity contribution < 1.29 is 8.42 Å². The van der Waals surface area contributed by atoms with Gasteiger partial charge < -0.3 is 4.98 Å². The van der Waals surface area contributed by atoms with Crippen molar-refractivity contribution in [2.24, 2.45) is 0 Å². The van der Waals surface area contributed by atoms with Gasteiger partial charge in [-0.15, -0.1) is 0 Å². The summed E-state index contributed by atoms with van der Waals surface area (Å²) in [5, 5.41) is 8.61. The standard InChI is InChI=1S/C10H8N4O2S/c11-7-8-1-3-9(4-2-8)17(15,16)14-10-12-5-6-13-10/h1-6H,(H2,12,13,14). The number of rotatable bonds is 3. The number of nitrogens with zero attached hydrogens (tertiary/aromatic N) is 2. The van der Waals surface area contributed by atoms with Gasteiger partial charge in [0.2, 0.25) is 5.95 Å². The van der Waals surface area contributed by atoms with Gasteiger partial charge in [-0.2, -0.15) is 5.26 Å². The van der Waals surface area contributed by atoms with Crippen LogP contribution in [0.1, 0.15) is 5.56 Å². The summed E-state index contributed by atoms with van der Waals surface area (Å²) in [6.45, 7) is 0. The van der Waals surface area contributed by atoms with Crippen molar-refractivity contribution in [3.8, 4) is 6.07 Å². The van der Waals surface area contributed by atoms with Crippen molar-refractivity contribution in [3.63, 3.8) is 0 Å². The molecule has 0 unspecified atom stereocenters. The van der Waals surface area contributed by atoms with Gasteiger partial charge in [-0.3, -0.25) is 0 Å². The normalized spacial score (nSPS) is 10.8. The Balaban J connectivity index is 2.29. The zero-order chi connectivity index (χ0) is 12.3. The van der Waals surface area contributed by atoms with E-state index < -0.39 is 10.0 Å². The minimum atomic E-state index is -3.66. The van der Waals surface area contributed by atoms with Crippen LogP contribution in [0.5, 0.6) is 0 Å². The van der Waals surface area contributed by atoms with Gasteiger partial charge in [0.05, 0.1) is 16.5 Å². The second kappa shape index (κ2) is 4.27. The van der Waals surface area contributed by atoms with Crippen molar-refractivity contribution in [1.29, 1.82) is 5.26 Å². The Hall–Kier alpha value is -2.33. The Labute approximate surface area is 98.0 Å². The number of imidazole rings is 1. The highest BCUT2D eigenvalue weighted by atomic mass is 32.2. The van der Waals surface area contributed by atoms with Gasteiger partial charge in [-0.25, -0.2) is 18.1 Å². The first kappa shape index (κ1) is 11.2. The van der Waals surface area contributed by atoms with E-state index in [0.717, 1.165) is 0 Å². The summed E-state index contributed by atoms with van der Waals surface area (Å²) in [6.07, 6.45) is 2.95. The maximum atomic E-state index is 11.8. The van der Waals surface area contributed by atoms with E-state index in [4.69, 9.17) is 5.26 Å². The number of aromatic amines is 1. The summed E-state index contributed by atoms with van der Waals surface area (Å²) in [6, 6.07) is 7.53. The Morgan fingerprint density at radius 1 is 1.29 bits per heavy atom. The van der Waals surface area contributed by atoms with Crippen LogP contribution in [0, 0.1) is 11.3 Å². The second-order valence-electron chi connectivity index (χ2n) is 3.18. The molecule has 1 aromatic carbocycles. The molecule has 1 heterocycles. The molecular formula is C10H8N4O2S. The van der Waals surface area contributed by atoms with Crippen molar-refractivity contribution >= 4 is 16.0 Å². The number of sulfonamides is 1. The topological polar surface area (TPSA) is 98.6 Å². The molecule has 0 radical (unpaired) electrons. The van der Waals surface area contributed by atoms with Crippen LogP contribution < -0.4 is 4.72 Å². The Morgan fingerprint density at radius 3 is 2.53 bits per heavy atom. The molecule has 0 bridgehead atoms. The monoisotopic (exact) mass is 248 g/mol. The first-order chi connectivity index (χ1) is 8.12. The minimum Gasteiger partial charge on any atom is -0.330 e. The molecule has 2 N–H and O–H groups in total. The molecule has 7 heteroatoms. The van der Waals surface area contributed by atoms with Gasteiger partial charge in [-0.05, 0) is 24.3 Å². The van der Waals surface area contributed by atoms with Crippen molar-refractivity contribution in [2.75, 3.05) is 4.72 Å². The summed E-state index contributed by atoms with van der Waals surface area (Å²) >= 11 is 0. The van der Waals surface area contributed by atoms with Crippen LogP contribution in [0.4, 0.5) is 5.95 Å². The maximum absolute atomic E-state index is 11.8. The van der Waals surface area contributed by atoms with Crippen molar-refractivity contribution in [2.45, 2.75) is 4.90 Å². The van der Waals surface area contributed by atoms with E-state index in [1.165, 1.54) is 36.7 Å². The Kier molecular flexibility index (Phi) is 2.80. The molecule has 0 fully saturated rings. The first-order valence-electron chi connectivity index (χ1n) is 4.64. The van der Waals surface area contributed by atoms with Crippen LogP contribution >= 0.6 is 0 Å². The van der Waals surface area contributed by atoms with E-state index in [9.17, 15) is 8.42 Å². The third-order valence-electron chi connectivity index (χ3n) is 2.02. The number of anilines is 1.